The Morgan fingerprint density at radius 1 is 1.69 bits per heavy atom. The molecule has 0 fully saturated rings. The Labute approximate surface area is 77.5 Å². The number of nitrogens with two attached hydrogens (primary N) is 1. The van der Waals surface area contributed by atoms with Crippen LogP contribution < -0.4 is 5.73 Å². The molecule has 0 amide bonds. The molecule has 0 saturated carbocycles. The van der Waals surface area contributed by atoms with Crippen LogP contribution in [0.1, 0.15) is 20.3 Å². The molecule has 0 aromatic heterocycles. The predicted octanol–water partition coefficient (Wildman–Crippen LogP) is -0.990. The second-order valence-corrected chi connectivity index (χ2v) is 3.16. The number of carbonyl (C=O) groups is 1. The molecule has 0 saturated heterocycles. The summed E-state index contributed by atoms with van der Waals surface area (Å²) in [5.74, 6) is -0.725. The first-order chi connectivity index (χ1) is 5.95. The van der Waals surface area contributed by atoms with Gasteiger partial charge in [0.15, 0.2) is 0 Å². The fourth-order valence-corrected chi connectivity index (χ4v) is 0.595. The quantitative estimate of drug-likeness (QED) is 0.485. The molecule has 78 valence electrons. The molecule has 0 aliphatic carbocycles. The molecule has 4 N–H and O–H groups in total. The number of aliphatic hydroxyl groups is 2. The molecule has 2 unspecified atom stereocenters. The van der Waals surface area contributed by atoms with Crippen molar-refractivity contribution < 1.29 is 19.7 Å². The smallest absolute Gasteiger partial charge is 0.334 e. The standard InChI is InChI=1S/C8H17NO4/c1-3-8(9,4-10)5-13-7(12)6(2)11/h6,10-11H,3-5,9H2,1-2H3. The zero-order chi connectivity index (χ0) is 10.5. The van der Waals surface area contributed by atoms with E-state index in [0.717, 1.165) is 0 Å². The van der Waals surface area contributed by atoms with E-state index in [2.05, 4.69) is 4.74 Å². The third-order valence-corrected chi connectivity index (χ3v) is 1.86. The van der Waals surface area contributed by atoms with Crippen molar-refractivity contribution in [3.8, 4) is 0 Å². The van der Waals surface area contributed by atoms with Gasteiger partial charge in [0, 0.05) is 0 Å². The second kappa shape index (κ2) is 5.16. The van der Waals surface area contributed by atoms with Crippen molar-refractivity contribution in [2.24, 2.45) is 5.73 Å². The molecule has 5 heteroatoms. The Bertz CT molecular complexity index is 166. The Morgan fingerprint density at radius 2 is 2.23 bits per heavy atom. The highest BCUT2D eigenvalue weighted by atomic mass is 16.5. The van der Waals surface area contributed by atoms with Gasteiger partial charge in [-0.25, -0.2) is 4.79 Å². The van der Waals surface area contributed by atoms with Crippen molar-refractivity contribution in [3.05, 3.63) is 0 Å². The first kappa shape index (κ1) is 12.3. The summed E-state index contributed by atoms with van der Waals surface area (Å²) in [4.78, 5) is 10.8. The summed E-state index contributed by atoms with van der Waals surface area (Å²) in [5.41, 5.74) is 4.74. The van der Waals surface area contributed by atoms with Gasteiger partial charge in [0.25, 0.3) is 0 Å². The third-order valence-electron chi connectivity index (χ3n) is 1.86. The summed E-state index contributed by atoms with van der Waals surface area (Å²) in [6.45, 7) is 2.76. The van der Waals surface area contributed by atoms with Crippen molar-refractivity contribution in [3.63, 3.8) is 0 Å². The van der Waals surface area contributed by atoms with Gasteiger partial charge in [-0.05, 0) is 13.3 Å². The molecule has 0 bridgehead atoms. The molecule has 13 heavy (non-hydrogen) atoms. The lowest BCUT2D eigenvalue weighted by Gasteiger charge is -2.25. The maximum Gasteiger partial charge on any atom is 0.334 e. The maximum absolute atomic E-state index is 10.8. The molecular formula is C8H17NO4. The highest BCUT2D eigenvalue weighted by molar-refractivity contribution is 5.73. The van der Waals surface area contributed by atoms with E-state index in [0.29, 0.717) is 6.42 Å². The van der Waals surface area contributed by atoms with Gasteiger partial charge in [0.1, 0.15) is 12.7 Å². The average molecular weight is 191 g/mol. The van der Waals surface area contributed by atoms with E-state index in [9.17, 15) is 4.79 Å². The van der Waals surface area contributed by atoms with Gasteiger partial charge in [0.05, 0.1) is 12.1 Å². The Balaban J connectivity index is 3.92. The van der Waals surface area contributed by atoms with E-state index in [1.807, 2.05) is 0 Å². The SMILES string of the molecule is CCC(N)(CO)COC(=O)C(C)O. The molecule has 0 rings (SSSR count). The number of hydrogen-bond acceptors (Lipinski definition) is 5. The Hall–Kier alpha value is -0.650. The van der Waals surface area contributed by atoms with Crippen molar-refractivity contribution in [2.45, 2.75) is 31.9 Å². The van der Waals surface area contributed by atoms with Crippen molar-refractivity contribution in [2.75, 3.05) is 13.2 Å². The van der Waals surface area contributed by atoms with Crippen LogP contribution in [-0.4, -0.2) is 41.0 Å². The second-order valence-electron chi connectivity index (χ2n) is 3.16. The summed E-state index contributed by atoms with van der Waals surface area (Å²) in [6, 6.07) is 0. The summed E-state index contributed by atoms with van der Waals surface area (Å²) in [7, 11) is 0. The number of ether oxygens (including phenoxy) is 1. The van der Waals surface area contributed by atoms with Crippen LogP contribution in [0.2, 0.25) is 0 Å². The van der Waals surface area contributed by atoms with Crippen LogP contribution in [0.15, 0.2) is 0 Å². The van der Waals surface area contributed by atoms with Gasteiger partial charge in [-0.2, -0.15) is 0 Å². The highest BCUT2D eigenvalue weighted by Crippen LogP contribution is 2.06. The van der Waals surface area contributed by atoms with Crippen LogP contribution in [0.5, 0.6) is 0 Å². The van der Waals surface area contributed by atoms with Crippen LogP contribution in [0.4, 0.5) is 0 Å². The van der Waals surface area contributed by atoms with Crippen molar-refractivity contribution >= 4 is 5.97 Å². The minimum absolute atomic E-state index is 0.0796. The predicted molar refractivity (Wildman–Crippen MR) is 46.9 cm³/mol. The number of carbonyl (C=O) groups excluding carboxylic acids is 1. The van der Waals surface area contributed by atoms with Gasteiger partial charge < -0.3 is 20.7 Å². The van der Waals surface area contributed by atoms with Crippen LogP contribution in [0.3, 0.4) is 0 Å². The fourth-order valence-electron chi connectivity index (χ4n) is 0.595. The lowest BCUT2D eigenvalue weighted by molar-refractivity contribution is -0.154. The molecule has 0 spiro atoms. The van der Waals surface area contributed by atoms with Gasteiger partial charge in [-0.3, -0.25) is 0 Å². The summed E-state index contributed by atoms with van der Waals surface area (Å²) in [5, 5.41) is 17.6. The largest absolute Gasteiger partial charge is 0.462 e. The number of hydrogen-bond donors (Lipinski definition) is 3. The summed E-state index contributed by atoms with van der Waals surface area (Å²) in [6.07, 6.45) is -0.656. The van der Waals surface area contributed by atoms with Crippen molar-refractivity contribution in [1.82, 2.24) is 0 Å². The lowest BCUT2D eigenvalue weighted by atomic mass is 10.0. The van der Waals surface area contributed by atoms with Crippen LogP contribution in [0, 0.1) is 0 Å². The molecule has 0 heterocycles. The average Bonchev–Trinajstić information content (AvgIpc) is 2.13. The van der Waals surface area contributed by atoms with E-state index < -0.39 is 17.6 Å². The lowest BCUT2D eigenvalue weighted by Crippen LogP contribution is -2.48. The molecule has 0 aromatic carbocycles. The first-order valence-electron chi connectivity index (χ1n) is 4.19. The maximum atomic E-state index is 10.8. The number of aliphatic hydroxyl groups excluding tert-OH is 2. The Kier molecular flexibility index (Phi) is 4.90. The molecule has 0 radical (unpaired) electrons. The van der Waals surface area contributed by atoms with Gasteiger partial charge in [-0.15, -0.1) is 0 Å². The van der Waals surface area contributed by atoms with Crippen LogP contribution in [0.25, 0.3) is 0 Å². The first-order valence-corrected chi connectivity index (χ1v) is 4.19. The molecule has 0 aromatic rings. The van der Waals surface area contributed by atoms with Gasteiger partial charge in [0.2, 0.25) is 0 Å². The summed E-state index contributed by atoms with van der Waals surface area (Å²) < 4.78 is 4.68. The van der Waals surface area contributed by atoms with E-state index in [1.165, 1.54) is 6.92 Å². The number of rotatable bonds is 5. The molecule has 0 aliphatic rings. The van der Waals surface area contributed by atoms with E-state index in [4.69, 9.17) is 15.9 Å². The number of esters is 1. The molecular weight excluding hydrogens is 174 g/mol. The van der Waals surface area contributed by atoms with Crippen LogP contribution >= 0.6 is 0 Å². The zero-order valence-corrected chi connectivity index (χ0v) is 7.99. The van der Waals surface area contributed by atoms with Gasteiger partial charge >= 0.3 is 5.97 Å². The molecule has 0 aliphatic heterocycles. The topological polar surface area (TPSA) is 92.8 Å². The van der Waals surface area contributed by atoms with E-state index in [-0.39, 0.29) is 13.2 Å². The van der Waals surface area contributed by atoms with Crippen molar-refractivity contribution in [1.29, 1.82) is 0 Å². The summed E-state index contributed by atoms with van der Waals surface area (Å²) >= 11 is 0. The monoisotopic (exact) mass is 191 g/mol. The third kappa shape index (κ3) is 4.21. The highest BCUT2D eigenvalue weighted by Gasteiger charge is 2.24. The molecule has 5 nitrogen and oxygen atoms in total. The van der Waals surface area contributed by atoms with Crippen LogP contribution in [-0.2, 0) is 9.53 Å². The minimum Gasteiger partial charge on any atom is -0.462 e. The minimum atomic E-state index is -1.15. The fraction of sp³-hybridized carbons (Fsp3) is 0.875. The van der Waals surface area contributed by atoms with Gasteiger partial charge in [-0.1, -0.05) is 6.92 Å². The van der Waals surface area contributed by atoms with E-state index in [1.54, 1.807) is 6.92 Å². The molecule has 2 atom stereocenters. The Morgan fingerprint density at radius 3 is 2.54 bits per heavy atom. The zero-order valence-electron chi connectivity index (χ0n) is 7.99. The van der Waals surface area contributed by atoms with E-state index >= 15 is 0 Å². The normalized spacial score (nSPS) is 17.6.